The SMILES string of the molecule is COc1cc(OC)c(OC)cc1COC[C@H]1CO1. The third-order valence-electron chi connectivity index (χ3n) is 2.75. The summed E-state index contributed by atoms with van der Waals surface area (Å²) < 4.78 is 26.4. The zero-order valence-corrected chi connectivity index (χ0v) is 10.9. The third-order valence-corrected chi connectivity index (χ3v) is 2.75. The minimum Gasteiger partial charge on any atom is -0.496 e. The third kappa shape index (κ3) is 3.05. The van der Waals surface area contributed by atoms with Gasteiger partial charge >= 0.3 is 0 Å². The predicted molar refractivity (Wildman–Crippen MR) is 65.5 cm³/mol. The molecule has 1 aromatic carbocycles. The molecule has 1 aliphatic heterocycles. The molecule has 18 heavy (non-hydrogen) atoms. The van der Waals surface area contributed by atoms with Crippen LogP contribution in [0.15, 0.2) is 12.1 Å². The second kappa shape index (κ2) is 5.93. The molecule has 2 rings (SSSR count). The van der Waals surface area contributed by atoms with Crippen LogP contribution in [0.5, 0.6) is 17.2 Å². The Labute approximate surface area is 107 Å². The number of epoxide rings is 1. The van der Waals surface area contributed by atoms with Gasteiger partial charge in [0, 0.05) is 11.6 Å². The summed E-state index contributed by atoms with van der Waals surface area (Å²) in [6, 6.07) is 3.66. The molecule has 0 amide bonds. The van der Waals surface area contributed by atoms with Gasteiger partial charge in [-0.05, 0) is 6.07 Å². The van der Waals surface area contributed by atoms with Gasteiger partial charge in [0.1, 0.15) is 11.9 Å². The number of ether oxygens (including phenoxy) is 5. The second-order valence-electron chi connectivity index (χ2n) is 3.99. The maximum atomic E-state index is 5.56. The van der Waals surface area contributed by atoms with Gasteiger partial charge in [0.15, 0.2) is 11.5 Å². The van der Waals surface area contributed by atoms with Crippen LogP contribution in [0.25, 0.3) is 0 Å². The molecule has 0 saturated carbocycles. The van der Waals surface area contributed by atoms with Crippen molar-refractivity contribution in [3.63, 3.8) is 0 Å². The van der Waals surface area contributed by atoms with Crippen molar-refractivity contribution in [1.29, 1.82) is 0 Å². The van der Waals surface area contributed by atoms with Crippen LogP contribution in [-0.2, 0) is 16.1 Å². The lowest BCUT2D eigenvalue weighted by Gasteiger charge is -2.14. The fraction of sp³-hybridized carbons (Fsp3) is 0.538. The summed E-state index contributed by atoms with van der Waals surface area (Å²) in [6.45, 7) is 1.87. The van der Waals surface area contributed by atoms with Crippen molar-refractivity contribution in [3.8, 4) is 17.2 Å². The van der Waals surface area contributed by atoms with E-state index in [1.165, 1.54) is 0 Å². The van der Waals surface area contributed by atoms with Gasteiger partial charge in [0.25, 0.3) is 0 Å². The monoisotopic (exact) mass is 254 g/mol. The Morgan fingerprint density at radius 3 is 2.22 bits per heavy atom. The Morgan fingerprint density at radius 2 is 1.67 bits per heavy atom. The van der Waals surface area contributed by atoms with Crippen LogP contribution in [0.2, 0.25) is 0 Å². The van der Waals surface area contributed by atoms with Gasteiger partial charge in [-0.3, -0.25) is 0 Å². The highest BCUT2D eigenvalue weighted by Crippen LogP contribution is 2.34. The van der Waals surface area contributed by atoms with Crippen molar-refractivity contribution in [2.75, 3.05) is 34.5 Å². The molecule has 1 saturated heterocycles. The van der Waals surface area contributed by atoms with Crippen molar-refractivity contribution >= 4 is 0 Å². The molecule has 0 N–H and O–H groups in total. The summed E-state index contributed by atoms with van der Waals surface area (Å²) in [5.74, 6) is 2.03. The van der Waals surface area contributed by atoms with Crippen molar-refractivity contribution in [2.45, 2.75) is 12.7 Å². The van der Waals surface area contributed by atoms with E-state index in [1.807, 2.05) is 6.07 Å². The molecule has 1 heterocycles. The summed E-state index contributed by atoms with van der Waals surface area (Å²) >= 11 is 0. The molecule has 1 aromatic rings. The molecule has 0 unspecified atom stereocenters. The first kappa shape index (κ1) is 13.0. The van der Waals surface area contributed by atoms with Crippen LogP contribution in [0.4, 0.5) is 0 Å². The van der Waals surface area contributed by atoms with Crippen LogP contribution in [-0.4, -0.2) is 40.6 Å². The molecular weight excluding hydrogens is 236 g/mol. The maximum Gasteiger partial charge on any atom is 0.164 e. The number of rotatable bonds is 7. The first-order valence-corrected chi connectivity index (χ1v) is 5.76. The molecular formula is C13H18O5. The van der Waals surface area contributed by atoms with Gasteiger partial charge in [0.2, 0.25) is 0 Å². The zero-order valence-electron chi connectivity index (χ0n) is 10.9. The van der Waals surface area contributed by atoms with E-state index >= 15 is 0 Å². The number of benzene rings is 1. The van der Waals surface area contributed by atoms with E-state index < -0.39 is 0 Å². The average Bonchev–Trinajstić information content (AvgIpc) is 3.22. The van der Waals surface area contributed by atoms with E-state index in [2.05, 4.69) is 0 Å². The first-order valence-electron chi connectivity index (χ1n) is 5.76. The molecule has 100 valence electrons. The lowest BCUT2D eigenvalue weighted by atomic mass is 10.2. The molecule has 1 atom stereocenters. The molecule has 0 spiro atoms. The van der Waals surface area contributed by atoms with E-state index in [0.29, 0.717) is 24.7 Å². The van der Waals surface area contributed by atoms with Crippen molar-refractivity contribution < 1.29 is 23.7 Å². The standard InChI is InChI=1S/C13H18O5/c1-14-11-5-13(16-3)12(15-2)4-9(11)6-17-7-10-8-18-10/h4-5,10H,6-8H2,1-3H3/t10-/m0/s1. The second-order valence-corrected chi connectivity index (χ2v) is 3.99. The van der Waals surface area contributed by atoms with E-state index in [1.54, 1.807) is 27.4 Å². The van der Waals surface area contributed by atoms with E-state index in [4.69, 9.17) is 23.7 Å². The molecule has 0 aromatic heterocycles. The number of hydrogen-bond acceptors (Lipinski definition) is 5. The lowest BCUT2D eigenvalue weighted by Crippen LogP contribution is -2.03. The normalized spacial score (nSPS) is 17.4. The molecule has 1 aliphatic rings. The van der Waals surface area contributed by atoms with Crippen LogP contribution >= 0.6 is 0 Å². The summed E-state index contributed by atoms with van der Waals surface area (Å²) in [5.41, 5.74) is 0.927. The summed E-state index contributed by atoms with van der Waals surface area (Å²) in [5, 5.41) is 0. The van der Waals surface area contributed by atoms with Gasteiger partial charge in [-0.2, -0.15) is 0 Å². The van der Waals surface area contributed by atoms with E-state index in [9.17, 15) is 0 Å². The smallest absolute Gasteiger partial charge is 0.164 e. The highest BCUT2D eigenvalue weighted by molar-refractivity contribution is 5.50. The highest BCUT2D eigenvalue weighted by Gasteiger charge is 2.22. The summed E-state index contributed by atoms with van der Waals surface area (Å²) in [4.78, 5) is 0. The Kier molecular flexibility index (Phi) is 4.28. The van der Waals surface area contributed by atoms with Crippen LogP contribution in [0, 0.1) is 0 Å². The Hall–Kier alpha value is -1.46. The van der Waals surface area contributed by atoms with Gasteiger partial charge in [-0.15, -0.1) is 0 Å². The fourth-order valence-corrected chi connectivity index (χ4v) is 1.67. The Morgan fingerprint density at radius 1 is 1.06 bits per heavy atom. The summed E-state index contributed by atoms with van der Waals surface area (Å²) in [7, 11) is 4.82. The number of methoxy groups -OCH3 is 3. The fourth-order valence-electron chi connectivity index (χ4n) is 1.67. The van der Waals surface area contributed by atoms with Gasteiger partial charge in [-0.1, -0.05) is 0 Å². The largest absolute Gasteiger partial charge is 0.496 e. The predicted octanol–water partition coefficient (Wildman–Crippen LogP) is 1.63. The van der Waals surface area contributed by atoms with Gasteiger partial charge < -0.3 is 23.7 Å². The van der Waals surface area contributed by atoms with E-state index in [-0.39, 0.29) is 6.10 Å². The number of hydrogen-bond donors (Lipinski definition) is 0. The van der Waals surface area contributed by atoms with Gasteiger partial charge in [0.05, 0.1) is 41.2 Å². The van der Waals surface area contributed by atoms with Gasteiger partial charge in [-0.25, -0.2) is 0 Å². The molecule has 0 radical (unpaired) electrons. The highest BCUT2D eigenvalue weighted by atomic mass is 16.6. The minimum absolute atomic E-state index is 0.260. The minimum atomic E-state index is 0.260. The topological polar surface area (TPSA) is 49.5 Å². The molecule has 0 aliphatic carbocycles. The van der Waals surface area contributed by atoms with Crippen LogP contribution in [0.1, 0.15) is 5.56 Å². The lowest BCUT2D eigenvalue weighted by molar-refractivity contribution is 0.102. The molecule has 5 heteroatoms. The van der Waals surface area contributed by atoms with Crippen molar-refractivity contribution in [1.82, 2.24) is 0 Å². The molecule has 1 fully saturated rings. The van der Waals surface area contributed by atoms with E-state index in [0.717, 1.165) is 17.9 Å². The Balaban J connectivity index is 2.09. The summed E-state index contributed by atoms with van der Waals surface area (Å²) in [6.07, 6.45) is 0.260. The Bertz CT molecular complexity index is 401. The zero-order chi connectivity index (χ0) is 13.0. The van der Waals surface area contributed by atoms with Crippen LogP contribution in [0.3, 0.4) is 0 Å². The molecule has 0 bridgehead atoms. The van der Waals surface area contributed by atoms with Crippen molar-refractivity contribution in [2.24, 2.45) is 0 Å². The molecule has 5 nitrogen and oxygen atoms in total. The first-order chi connectivity index (χ1) is 8.78. The van der Waals surface area contributed by atoms with Crippen molar-refractivity contribution in [3.05, 3.63) is 17.7 Å². The maximum absolute atomic E-state index is 5.56. The quantitative estimate of drug-likeness (QED) is 0.692. The average molecular weight is 254 g/mol. The van der Waals surface area contributed by atoms with Crippen LogP contribution < -0.4 is 14.2 Å².